The Labute approximate surface area is 164 Å². The minimum atomic E-state index is -3.95. The number of esters is 1. The van der Waals surface area contributed by atoms with Crippen molar-refractivity contribution in [3.8, 4) is 11.5 Å². The second kappa shape index (κ2) is 7.71. The van der Waals surface area contributed by atoms with Gasteiger partial charge < -0.3 is 14.2 Å². The minimum absolute atomic E-state index is 0.0811. The van der Waals surface area contributed by atoms with E-state index in [1.54, 1.807) is 50.2 Å². The van der Waals surface area contributed by atoms with E-state index in [1.165, 1.54) is 18.3 Å². The van der Waals surface area contributed by atoms with Gasteiger partial charge in [-0.2, -0.15) is 0 Å². The van der Waals surface area contributed by atoms with Crippen molar-refractivity contribution in [1.82, 2.24) is 0 Å². The van der Waals surface area contributed by atoms with Gasteiger partial charge in [0.1, 0.15) is 30.8 Å². The van der Waals surface area contributed by atoms with E-state index >= 15 is 0 Å². The molecule has 0 radical (unpaired) electrons. The van der Waals surface area contributed by atoms with Gasteiger partial charge >= 0.3 is 5.97 Å². The van der Waals surface area contributed by atoms with Crippen molar-refractivity contribution in [3.05, 3.63) is 47.5 Å². The molecule has 1 unspecified atom stereocenters. The van der Waals surface area contributed by atoms with Crippen molar-refractivity contribution in [2.45, 2.75) is 31.7 Å². The largest absolute Gasteiger partial charge is 0.497 e. The maximum absolute atomic E-state index is 13.7. The molecule has 0 aromatic heterocycles. The molecule has 0 spiro atoms. The lowest BCUT2D eigenvalue weighted by molar-refractivity contribution is -0.141. The van der Waals surface area contributed by atoms with Crippen LogP contribution >= 0.6 is 0 Å². The number of sulfonamides is 1. The highest BCUT2D eigenvalue weighted by Gasteiger charge is 2.39. The second-order valence-electron chi connectivity index (χ2n) is 6.63. The standard InChI is InChI=1S/C20H23NO6S/c1-13-9-17(25-4)10-14(2)20(13)28(23,24)21-16(11-26-15(3)22)12-27-19-8-6-5-7-18(19)21/h5-10,16H,11-12H2,1-4H3. The van der Waals surface area contributed by atoms with Crippen LogP contribution in [-0.4, -0.2) is 40.8 Å². The number of benzene rings is 2. The number of aryl methyl sites for hydroxylation is 2. The Kier molecular flexibility index (Phi) is 5.51. The van der Waals surface area contributed by atoms with Crippen LogP contribution in [0.1, 0.15) is 18.1 Å². The fourth-order valence-corrected chi connectivity index (χ4v) is 5.45. The SMILES string of the molecule is COc1cc(C)c(S(=O)(=O)N2c3ccccc3OCC2COC(C)=O)c(C)c1. The first-order chi connectivity index (χ1) is 13.3. The molecule has 8 heteroatoms. The summed E-state index contributed by atoms with van der Waals surface area (Å²) in [6.45, 7) is 4.73. The van der Waals surface area contributed by atoms with Gasteiger partial charge in [0.05, 0.1) is 17.7 Å². The Morgan fingerprint density at radius 2 is 1.86 bits per heavy atom. The predicted octanol–water partition coefficient (Wildman–Crippen LogP) is 2.83. The molecule has 28 heavy (non-hydrogen) atoms. The number of ether oxygens (including phenoxy) is 3. The number of fused-ring (bicyclic) bond motifs is 1. The molecule has 1 aliphatic rings. The molecule has 0 saturated carbocycles. The van der Waals surface area contributed by atoms with Crippen molar-refractivity contribution < 1.29 is 27.4 Å². The molecule has 3 rings (SSSR count). The summed E-state index contributed by atoms with van der Waals surface area (Å²) in [6.07, 6.45) is 0. The molecule has 2 aromatic rings. The topological polar surface area (TPSA) is 82.1 Å². The third kappa shape index (κ3) is 3.64. The lowest BCUT2D eigenvalue weighted by atomic mass is 10.1. The molecule has 0 amide bonds. The number of hydrogen-bond acceptors (Lipinski definition) is 6. The number of methoxy groups -OCH3 is 1. The summed E-state index contributed by atoms with van der Waals surface area (Å²) in [5, 5.41) is 0. The quantitative estimate of drug-likeness (QED) is 0.712. The van der Waals surface area contributed by atoms with E-state index in [9.17, 15) is 13.2 Å². The van der Waals surface area contributed by atoms with E-state index < -0.39 is 22.0 Å². The summed E-state index contributed by atoms with van der Waals surface area (Å²) in [7, 11) is -2.41. The number of nitrogens with zero attached hydrogens (tertiary/aromatic N) is 1. The molecule has 0 N–H and O–H groups in total. The molecule has 0 aliphatic carbocycles. The molecule has 0 saturated heterocycles. The Hall–Kier alpha value is -2.74. The molecule has 0 bridgehead atoms. The minimum Gasteiger partial charge on any atom is -0.497 e. The zero-order valence-electron chi connectivity index (χ0n) is 16.3. The number of carbonyl (C=O) groups excluding carboxylic acids is 1. The lowest BCUT2D eigenvalue weighted by Gasteiger charge is -2.37. The first-order valence-corrected chi connectivity index (χ1v) is 10.2. The Balaban J connectivity index is 2.14. The van der Waals surface area contributed by atoms with E-state index in [-0.39, 0.29) is 18.1 Å². The summed E-state index contributed by atoms with van der Waals surface area (Å²) in [4.78, 5) is 11.5. The van der Waals surface area contributed by atoms with Gasteiger partial charge in [0.15, 0.2) is 0 Å². The van der Waals surface area contributed by atoms with Gasteiger partial charge in [-0.25, -0.2) is 8.42 Å². The second-order valence-corrected chi connectivity index (χ2v) is 8.38. The number of hydrogen-bond donors (Lipinski definition) is 0. The number of carbonyl (C=O) groups is 1. The van der Waals surface area contributed by atoms with Crippen LogP contribution in [-0.2, 0) is 19.6 Å². The van der Waals surface area contributed by atoms with E-state index in [4.69, 9.17) is 14.2 Å². The number of para-hydroxylation sites is 2. The predicted molar refractivity (Wildman–Crippen MR) is 104 cm³/mol. The Morgan fingerprint density at radius 3 is 2.46 bits per heavy atom. The Bertz CT molecular complexity index is 979. The number of rotatable bonds is 5. The van der Waals surface area contributed by atoms with Crippen molar-refractivity contribution in [1.29, 1.82) is 0 Å². The fraction of sp³-hybridized carbons (Fsp3) is 0.350. The van der Waals surface area contributed by atoms with Crippen LogP contribution in [0.5, 0.6) is 11.5 Å². The smallest absolute Gasteiger partial charge is 0.302 e. The summed E-state index contributed by atoms with van der Waals surface area (Å²) in [5.74, 6) is 0.578. The molecular weight excluding hydrogens is 382 g/mol. The van der Waals surface area contributed by atoms with E-state index in [0.29, 0.717) is 28.3 Å². The van der Waals surface area contributed by atoms with Gasteiger partial charge in [0.2, 0.25) is 0 Å². The van der Waals surface area contributed by atoms with Gasteiger partial charge in [-0.1, -0.05) is 12.1 Å². The van der Waals surface area contributed by atoms with Crippen LogP contribution in [0.25, 0.3) is 0 Å². The maximum atomic E-state index is 13.7. The van der Waals surface area contributed by atoms with Crippen LogP contribution in [0.2, 0.25) is 0 Å². The van der Waals surface area contributed by atoms with Crippen LogP contribution in [0.3, 0.4) is 0 Å². The normalized spacial score (nSPS) is 16.1. The summed E-state index contributed by atoms with van der Waals surface area (Å²) in [5.41, 5.74) is 1.57. The van der Waals surface area contributed by atoms with Crippen molar-refractivity contribution in [3.63, 3.8) is 0 Å². The fourth-order valence-electron chi connectivity index (χ4n) is 3.40. The van der Waals surface area contributed by atoms with E-state index in [0.717, 1.165) is 0 Å². The summed E-state index contributed by atoms with van der Waals surface area (Å²) in [6, 6.07) is 9.62. The molecule has 0 fully saturated rings. The van der Waals surface area contributed by atoms with Crippen molar-refractivity contribution >= 4 is 21.7 Å². The summed E-state index contributed by atoms with van der Waals surface area (Å²) < 4.78 is 44.8. The summed E-state index contributed by atoms with van der Waals surface area (Å²) >= 11 is 0. The zero-order valence-corrected chi connectivity index (χ0v) is 17.1. The third-order valence-electron chi connectivity index (χ3n) is 4.53. The van der Waals surface area contributed by atoms with Crippen LogP contribution in [0.4, 0.5) is 5.69 Å². The van der Waals surface area contributed by atoms with Crippen molar-refractivity contribution in [2.24, 2.45) is 0 Å². The van der Waals surface area contributed by atoms with Gasteiger partial charge in [-0.3, -0.25) is 9.10 Å². The van der Waals surface area contributed by atoms with E-state index in [2.05, 4.69) is 0 Å². The van der Waals surface area contributed by atoms with Crippen LogP contribution in [0, 0.1) is 13.8 Å². The molecule has 1 atom stereocenters. The first-order valence-electron chi connectivity index (χ1n) is 8.80. The van der Waals surface area contributed by atoms with E-state index in [1.807, 2.05) is 0 Å². The highest BCUT2D eigenvalue weighted by molar-refractivity contribution is 7.93. The monoisotopic (exact) mass is 405 g/mol. The molecule has 1 heterocycles. The average Bonchev–Trinajstić information content (AvgIpc) is 2.64. The number of anilines is 1. The Morgan fingerprint density at radius 1 is 1.21 bits per heavy atom. The molecule has 7 nitrogen and oxygen atoms in total. The zero-order chi connectivity index (χ0) is 20.5. The maximum Gasteiger partial charge on any atom is 0.302 e. The van der Waals surface area contributed by atoms with Crippen LogP contribution < -0.4 is 13.8 Å². The third-order valence-corrected chi connectivity index (χ3v) is 6.70. The highest BCUT2D eigenvalue weighted by Crippen LogP contribution is 2.39. The first kappa shape index (κ1) is 20.0. The average molecular weight is 405 g/mol. The van der Waals surface area contributed by atoms with Gasteiger partial charge in [0.25, 0.3) is 10.0 Å². The van der Waals surface area contributed by atoms with Gasteiger partial charge in [-0.05, 0) is 49.2 Å². The molecule has 1 aliphatic heterocycles. The molecular formula is C20H23NO6S. The molecule has 150 valence electrons. The lowest BCUT2D eigenvalue weighted by Crippen LogP contribution is -2.49. The van der Waals surface area contributed by atoms with Crippen molar-refractivity contribution in [2.75, 3.05) is 24.6 Å². The molecule has 2 aromatic carbocycles. The van der Waals surface area contributed by atoms with Crippen LogP contribution in [0.15, 0.2) is 41.3 Å². The van der Waals surface area contributed by atoms with Gasteiger partial charge in [0, 0.05) is 6.92 Å². The highest BCUT2D eigenvalue weighted by atomic mass is 32.2. The van der Waals surface area contributed by atoms with Gasteiger partial charge in [-0.15, -0.1) is 0 Å².